The van der Waals surface area contributed by atoms with Gasteiger partial charge < -0.3 is 15.4 Å². The summed E-state index contributed by atoms with van der Waals surface area (Å²) in [6.45, 7) is 4.26. The maximum atomic E-state index is 12.5. The number of carbonyl (C=O) groups is 1. The van der Waals surface area contributed by atoms with E-state index in [1.165, 1.54) is 25.1 Å². The summed E-state index contributed by atoms with van der Waals surface area (Å²) in [5.41, 5.74) is 2.80. The van der Waals surface area contributed by atoms with Gasteiger partial charge in [-0.3, -0.25) is 4.79 Å². The molecule has 0 aliphatic heterocycles. The highest BCUT2D eigenvalue weighted by atomic mass is 35.5. The summed E-state index contributed by atoms with van der Waals surface area (Å²) in [7, 11) is 1.52. The number of anilines is 3. The molecule has 0 spiro atoms. The van der Waals surface area contributed by atoms with Gasteiger partial charge in [0.05, 0.1) is 25.2 Å². The lowest BCUT2D eigenvalue weighted by atomic mass is 10.0. The molecule has 2 aromatic carbocycles. The molecule has 1 aromatic heterocycles. The molecular weight excluding hydrogens is 376 g/mol. The molecule has 144 valence electrons. The minimum Gasteiger partial charge on any atom is -0.495 e. The predicted molar refractivity (Wildman–Crippen MR) is 112 cm³/mol. The van der Waals surface area contributed by atoms with Crippen LogP contribution in [0.1, 0.15) is 35.8 Å². The molecule has 0 saturated heterocycles. The zero-order valence-corrected chi connectivity index (χ0v) is 16.6. The molecule has 6 nitrogen and oxygen atoms in total. The Morgan fingerprint density at radius 1 is 1.07 bits per heavy atom. The highest BCUT2D eigenvalue weighted by Gasteiger charge is 2.13. The molecule has 2 N–H and O–H groups in total. The number of para-hydroxylation sites is 1. The maximum absolute atomic E-state index is 12.5. The molecule has 0 aliphatic carbocycles. The highest BCUT2D eigenvalue weighted by Crippen LogP contribution is 2.28. The van der Waals surface area contributed by atoms with Gasteiger partial charge in [0.1, 0.15) is 17.3 Å². The van der Waals surface area contributed by atoms with E-state index in [2.05, 4.69) is 40.5 Å². The van der Waals surface area contributed by atoms with Crippen molar-refractivity contribution in [1.82, 2.24) is 9.97 Å². The quantitative estimate of drug-likeness (QED) is 0.594. The van der Waals surface area contributed by atoms with Gasteiger partial charge in [-0.2, -0.15) is 0 Å². The molecule has 1 amide bonds. The second-order valence-corrected chi connectivity index (χ2v) is 6.89. The molecule has 0 saturated carbocycles. The number of hydrogen-bond donors (Lipinski definition) is 2. The SMILES string of the molecule is COc1ccc(Cl)cc1NC(=O)c1cnc(Nc2ccccc2C(C)C)cn1. The second-order valence-electron chi connectivity index (χ2n) is 6.45. The fourth-order valence-electron chi connectivity index (χ4n) is 2.73. The van der Waals surface area contributed by atoms with Gasteiger partial charge in [0.2, 0.25) is 0 Å². The van der Waals surface area contributed by atoms with E-state index in [0.29, 0.717) is 28.2 Å². The Hall–Kier alpha value is -3.12. The first kappa shape index (κ1) is 19.6. The Morgan fingerprint density at radius 2 is 1.86 bits per heavy atom. The Labute approximate surface area is 168 Å². The van der Waals surface area contributed by atoms with E-state index in [0.717, 1.165) is 5.69 Å². The molecule has 0 radical (unpaired) electrons. The number of amides is 1. The predicted octanol–water partition coefficient (Wildman–Crippen LogP) is 5.26. The molecule has 1 heterocycles. The summed E-state index contributed by atoms with van der Waals surface area (Å²) in [6.07, 6.45) is 2.95. The standard InChI is InChI=1S/C21H21ClN4O2/c1-13(2)15-6-4-5-7-16(15)25-20-12-23-18(11-24-20)21(27)26-17-10-14(22)8-9-19(17)28-3/h4-13H,1-3H3,(H,24,25)(H,26,27). The van der Waals surface area contributed by atoms with Crippen LogP contribution in [0.4, 0.5) is 17.2 Å². The molecule has 0 fully saturated rings. The number of rotatable bonds is 6. The van der Waals surface area contributed by atoms with Crippen molar-refractivity contribution >= 4 is 34.7 Å². The van der Waals surface area contributed by atoms with Gasteiger partial charge >= 0.3 is 0 Å². The van der Waals surface area contributed by atoms with Crippen LogP contribution in [0.3, 0.4) is 0 Å². The minimum absolute atomic E-state index is 0.185. The van der Waals surface area contributed by atoms with E-state index in [-0.39, 0.29) is 5.69 Å². The van der Waals surface area contributed by atoms with E-state index in [1.807, 2.05) is 18.2 Å². The first-order valence-corrected chi connectivity index (χ1v) is 9.18. The molecule has 3 aromatic rings. The second kappa shape index (κ2) is 8.71. The highest BCUT2D eigenvalue weighted by molar-refractivity contribution is 6.31. The van der Waals surface area contributed by atoms with Crippen LogP contribution < -0.4 is 15.4 Å². The Morgan fingerprint density at radius 3 is 2.54 bits per heavy atom. The summed E-state index contributed by atoms with van der Waals surface area (Å²) in [5.74, 6) is 1.04. The topological polar surface area (TPSA) is 76.1 Å². The fraction of sp³-hybridized carbons (Fsp3) is 0.190. The number of nitrogens with zero attached hydrogens (tertiary/aromatic N) is 2. The minimum atomic E-state index is -0.401. The van der Waals surface area contributed by atoms with Crippen LogP contribution in [0.15, 0.2) is 54.9 Å². The van der Waals surface area contributed by atoms with Crippen molar-refractivity contribution in [2.75, 3.05) is 17.7 Å². The van der Waals surface area contributed by atoms with Gasteiger partial charge in [0.25, 0.3) is 5.91 Å². The lowest BCUT2D eigenvalue weighted by Gasteiger charge is -2.14. The monoisotopic (exact) mass is 396 g/mol. The number of ether oxygens (including phenoxy) is 1. The van der Waals surface area contributed by atoms with E-state index in [1.54, 1.807) is 18.2 Å². The number of benzene rings is 2. The van der Waals surface area contributed by atoms with Crippen molar-refractivity contribution in [2.45, 2.75) is 19.8 Å². The third-order valence-electron chi connectivity index (χ3n) is 4.14. The van der Waals surface area contributed by atoms with Gasteiger partial charge in [-0.15, -0.1) is 0 Å². The molecule has 3 rings (SSSR count). The summed E-state index contributed by atoms with van der Waals surface area (Å²) in [4.78, 5) is 21.0. The third kappa shape index (κ3) is 4.58. The molecule has 7 heteroatoms. The summed E-state index contributed by atoms with van der Waals surface area (Å²) in [6, 6.07) is 13.0. The average Bonchev–Trinajstić information content (AvgIpc) is 2.69. The van der Waals surface area contributed by atoms with Crippen molar-refractivity contribution in [3.8, 4) is 5.75 Å². The molecule has 0 aliphatic rings. The van der Waals surface area contributed by atoms with Crippen LogP contribution >= 0.6 is 11.6 Å². The number of nitrogens with one attached hydrogen (secondary N) is 2. The van der Waals surface area contributed by atoms with Gasteiger partial charge in [0.15, 0.2) is 0 Å². The Bertz CT molecular complexity index is 974. The Kier molecular flexibility index (Phi) is 6.11. The van der Waals surface area contributed by atoms with Gasteiger partial charge in [-0.1, -0.05) is 43.6 Å². The van der Waals surface area contributed by atoms with Crippen LogP contribution in [0, 0.1) is 0 Å². The summed E-state index contributed by atoms with van der Waals surface area (Å²) in [5, 5.41) is 6.48. The largest absolute Gasteiger partial charge is 0.495 e. The lowest BCUT2D eigenvalue weighted by molar-refractivity contribution is 0.102. The van der Waals surface area contributed by atoms with Gasteiger partial charge in [0, 0.05) is 10.7 Å². The van der Waals surface area contributed by atoms with Crippen LogP contribution in [0.2, 0.25) is 5.02 Å². The van der Waals surface area contributed by atoms with Crippen molar-refractivity contribution in [3.05, 3.63) is 71.1 Å². The molecular formula is C21H21ClN4O2. The number of methoxy groups -OCH3 is 1. The van der Waals surface area contributed by atoms with Gasteiger partial charge in [-0.25, -0.2) is 9.97 Å². The number of aromatic nitrogens is 2. The fourth-order valence-corrected chi connectivity index (χ4v) is 2.90. The zero-order valence-electron chi connectivity index (χ0n) is 15.9. The van der Waals surface area contributed by atoms with Gasteiger partial charge in [-0.05, 0) is 35.7 Å². The molecule has 0 unspecified atom stereocenters. The van der Waals surface area contributed by atoms with Crippen LogP contribution in [-0.4, -0.2) is 23.0 Å². The Balaban J connectivity index is 1.74. The number of halogens is 1. The summed E-state index contributed by atoms with van der Waals surface area (Å²) < 4.78 is 5.23. The molecule has 0 bridgehead atoms. The van der Waals surface area contributed by atoms with E-state index in [9.17, 15) is 4.79 Å². The van der Waals surface area contributed by atoms with E-state index in [4.69, 9.17) is 16.3 Å². The summed E-state index contributed by atoms with van der Waals surface area (Å²) >= 11 is 5.99. The van der Waals surface area contributed by atoms with Crippen molar-refractivity contribution in [2.24, 2.45) is 0 Å². The maximum Gasteiger partial charge on any atom is 0.275 e. The van der Waals surface area contributed by atoms with E-state index >= 15 is 0 Å². The number of carbonyl (C=O) groups excluding carboxylic acids is 1. The van der Waals surface area contributed by atoms with Crippen molar-refractivity contribution in [1.29, 1.82) is 0 Å². The molecule has 28 heavy (non-hydrogen) atoms. The smallest absolute Gasteiger partial charge is 0.275 e. The van der Waals surface area contributed by atoms with Crippen molar-refractivity contribution in [3.63, 3.8) is 0 Å². The first-order chi connectivity index (χ1) is 13.5. The normalized spacial score (nSPS) is 10.6. The van der Waals surface area contributed by atoms with Crippen molar-refractivity contribution < 1.29 is 9.53 Å². The average molecular weight is 397 g/mol. The van der Waals surface area contributed by atoms with Crippen LogP contribution in [0.25, 0.3) is 0 Å². The third-order valence-corrected chi connectivity index (χ3v) is 4.37. The number of hydrogen-bond acceptors (Lipinski definition) is 5. The van der Waals surface area contributed by atoms with Crippen LogP contribution in [-0.2, 0) is 0 Å². The first-order valence-electron chi connectivity index (χ1n) is 8.81. The van der Waals surface area contributed by atoms with Crippen LogP contribution in [0.5, 0.6) is 5.75 Å². The van der Waals surface area contributed by atoms with E-state index < -0.39 is 5.91 Å². The lowest BCUT2D eigenvalue weighted by Crippen LogP contribution is -2.15. The zero-order chi connectivity index (χ0) is 20.1. The molecule has 0 atom stereocenters.